The number of anilines is 1. The van der Waals surface area contributed by atoms with Crippen LogP contribution in [0.4, 0.5) is 5.95 Å². The van der Waals surface area contributed by atoms with Crippen LogP contribution in [-0.4, -0.2) is 197 Å². The number of hydrogen-bond donors (Lipinski definition) is 6. The molecule has 0 radical (unpaired) electrons. The van der Waals surface area contributed by atoms with Crippen molar-refractivity contribution in [2.24, 2.45) is 17.8 Å². The molecule has 22 heteroatoms. The highest BCUT2D eigenvalue weighted by Crippen LogP contribution is 2.40. The molecule has 0 unspecified atom stereocenters. The number of ether oxygens (including phenoxy) is 7. The number of aliphatic hydroxyl groups is 5. The SMILES string of the molecule is CC[C@H]1OC(=O)[C@H](C)[C@@H](O[C@H]2C[C@@](C)(OC)[C@@H](O)[C@H](C)O2)[C@H](C)[C@@H](O[C@@H]2O[C@H](C)C[C@H](N(C)CCc3cn(CCCOc4ccc(-c5nc(N)ns5)cc4)nn3)[C@H]2O)[C@](C)(O)CC[C@@H](C)CN(C)[C@H](C)[C@@H](O)C[C@]1(C)O. The first-order chi connectivity index (χ1) is 35.7. The first-order valence-corrected chi connectivity index (χ1v) is 28.0. The summed E-state index contributed by atoms with van der Waals surface area (Å²) >= 11 is 1.25. The standard InChI is InChI=1S/C54H90N8O13S/c1-14-42-53(9,68)27-41(63)35(6)61(12)29-31(2)20-22-52(8,67)47(33(4)45(34(5)49(66)73-42)74-43-28-54(10,69-13)46(65)36(7)72-43)75-50-44(64)40(26-32(3)71-50)60(11)24-21-38-30-62(59-57-38)23-15-25-70-39-18-16-37(17-19-39)48-56-51(55)58-76-48/h16-19,30-36,40-47,50,63-65,67-68H,14-15,20-29H2,1-13H3,(H2,55,58)/t31-,32-,33+,34-,35-,36+,40+,41+,42-,43+,44-,45+,46+,47-,50+,52-,53+,54-/m1/s1. The number of aliphatic hydroxyl groups excluding tert-OH is 3. The largest absolute Gasteiger partial charge is 0.494 e. The average molecular weight is 1090 g/mol. The second kappa shape index (κ2) is 26.6. The van der Waals surface area contributed by atoms with E-state index in [0.29, 0.717) is 51.9 Å². The number of carbonyl (C=O) groups excluding carboxylic acids is 1. The van der Waals surface area contributed by atoms with E-state index < -0.39 is 96.0 Å². The van der Waals surface area contributed by atoms with Crippen LogP contribution in [0.15, 0.2) is 30.5 Å². The Morgan fingerprint density at radius 2 is 1.70 bits per heavy atom. The Morgan fingerprint density at radius 1 is 0.987 bits per heavy atom. The number of hydrogen-bond acceptors (Lipinski definition) is 21. The van der Waals surface area contributed by atoms with Crippen molar-refractivity contribution < 1.29 is 63.5 Å². The molecule has 430 valence electrons. The fraction of sp³-hybridized carbons (Fsp3) is 0.796. The Bertz CT molecular complexity index is 2260. The Morgan fingerprint density at radius 3 is 2.36 bits per heavy atom. The molecule has 3 fully saturated rings. The first-order valence-electron chi connectivity index (χ1n) is 27.2. The predicted octanol–water partition coefficient (Wildman–Crippen LogP) is 4.46. The van der Waals surface area contributed by atoms with Crippen LogP contribution in [-0.2, 0) is 46.2 Å². The van der Waals surface area contributed by atoms with E-state index in [1.165, 1.54) is 18.6 Å². The molecule has 3 aromatic rings. The maximum atomic E-state index is 14.6. The summed E-state index contributed by atoms with van der Waals surface area (Å²) in [5.41, 5.74) is 3.16. The van der Waals surface area contributed by atoms with Gasteiger partial charge in [0.25, 0.3) is 0 Å². The van der Waals surface area contributed by atoms with E-state index >= 15 is 0 Å². The van der Waals surface area contributed by atoms with Crippen molar-refractivity contribution in [1.29, 1.82) is 0 Å². The molecular weight excluding hydrogens is 1000 g/mol. The zero-order chi connectivity index (χ0) is 55.9. The van der Waals surface area contributed by atoms with Crippen molar-refractivity contribution >= 4 is 23.5 Å². The van der Waals surface area contributed by atoms with E-state index in [1.54, 1.807) is 39.3 Å². The van der Waals surface area contributed by atoms with Gasteiger partial charge in [0.15, 0.2) is 12.6 Å². The summed E-state index contributed by atoms with van der Waals surface area (Å²) in [5, 5.41) is 69.1. The number of methoxy groups -OCH3 is 1. The van der Waals surface area contributed by atoms with Crippen molar-refractivity contribution in [2.45, 2.75) is 217 Å². The topological polar surface area (TPSA) is 272 Å². The quantitative estimate of drug-likeness (QED) is 0.0854. The number of aromatic nitrogens is 5. The van der Waals surface area contributed by atoms with Gasteiger partial charge < -0.3 is 74.2 Å². The van der Waals surface area contributed by atoms with Crippen molar-refractivity contribution in [1.82, 2.24) is 34.2 Å². The second-order valence-electron chi connectivity index (χ2n) is 22.9. The molecule has 2 aromatic heterocycles. The van der Waals surface area contributed by atoms with Crippen molar-refractivity contribution in [2.75, 3.05) is 46.6 Å². The smallest absolute Gasteiger partial charge is 0.311 e. The van der Waals surface area contributed by atoms with E-state index in [4.69, 9.17) is 38.9 Å². The van der Waals surface area contributed by atoms with Gasteiger partial charge in [0.1, 0.15) is 34.7 Å². The minimum absolute atomic E-state index is 0.0423. The van der Waals surface area contributed by atoms with Gasteiger partial charge in [-0.3, -0.25) is 9.48 Å². The number of benzene rings is 1. The highest BCUT2D eigenvalue weighted by Gasteiger charge is 2.52. The third kappa shape index (κ3) is 15.7. The van der Waals surface area contributed by atoms with E-state index in [1.807, 2.05) is 77.2 Å². The third-order valence-corrected chi connectivity index (χ3v) is 17.1. The van der Waals surface area contributed by atoms with E-state index in [2.05, 4.69) is 31.5 Å². The molecule has 21 nitrogen and oxygen atoms in total. The number of nitrogen functional groups attached to an aromatic ring is 1. The fourth-order valence-electron chi connectivity index (χ4n) is 11.2. The average Bonchev–Trinajstić information content (AvgIpc) is 4.03. The van der Waals surface area contributed by atoms with Crippen molar-refractivity contribution in [3.8, 4) is 16.3 Å². The Labute approximate surface area is 453 Å². The van der Waals surface area contributed by atoms with Crippen LogP contribution in [0.5, 0.6) is 5.75 Å². The number of aryl methyl sites for hydroxylation is 1. The van der Waals surface area contributed by atoms with Gasteiger partial charge in [-0.25, -0.2) is 0 Å². The van der Waals surface area contributed by atoms with Crippen LogP contribution in [0, 0.1) is 17.8 Å². The monoisotopic (exact) mass is 1090 g/mol. The summed E-state index contributed by atoms with van der Waals surface area (Å²) in [6.07, 6.45) is -4.66. The molecule has 3 saturated heterocycles. The molecule has 3 aliphatic heterocycles. The van der Waals surface area contributed by atoms with Crippen LogP contribution in [0.3, 0.4) is 0 Å². The molecule has 0 saturated carbocycles. The van der Waals surface area contributed by atoms with Crippen molar-refractivity contribution in [3.63, 3.8) is 0 Å². The summed E-state index contributed by atoms with van der Waals surface area (Å²) in [5.74, 6) is -1.47. The lowest BCUT2D eigenvalue weighted by atomic mass is 9.78. The molecular formula is C54H90N8O13S. The van der Waals surface area contributed by atoms with Gasteiger partial charge in [-0.2, -0.15) is 9.36 Å². The number of cyclic esters (lactones) is 1. The lowest BCUT2D eigenvalue weighted by Crippen LogP contribution is -2.60. The molecule has 7 N–H and O–H groups in total. The van der Waals surface area contributed by atoms with E-state index in [0.717, 1.165) is 22.0 Å². The molecule has 3 aliphatic rings. The maximum Gasteiger partial charge on any atom is 0.311 e. The second-order valence-corrected chi connectivity index (χ2v) is 23.6. The normalized spacial score (nSPS) is 37.9. The maximum absolute atomic E-state index is 14.6. The number of esters is 1. The lowest BCUT2D eigenvalue weighted by Gasteiger charge is -2.48. The molecule has 76 heavy (non-hydrogen) atoms. The zero-order valence-electron chi connectivity index (χ0n) is 47.2. The summed E-state index contributed by atoms with van der Waals surface area (Å²) in [6.45, 7) is 20.2. The lowest BCUT2D eigenvalue weighted by molar-refractivity contribution is -0.318. The predicted molar refractivity (Wildman–Crippen MR) is 286 cm³/mol. The van der Waals surface area contributed by atoms with Gasteiger partial charge in [0, 0.05) is 82.2 Å². The number of nitrogens with zero attached hydrogens (tertiary/aromatic N) is 7. The van der Waals surface area contributed by atoms with Crippen LogP contribution < -0.4 is 10.5 Å². The summed E-state index contributed by atoms with van der Waals surface area (Å²) in [6, 6.07) is 6.88. The molecule has 0 bridgehead atoms. The Kier molecular flexibility index (Phi) is 21.6. The number of rotatable bonds is 16. The summed E-state index contributed by atoms with van der Waals surface area (Å²) < 4.78 is 50.3. The van der Waals surface area contributed by atoms with Gasteiger partial charge in [-0.05, 0) is 130 Å². The van der Waals surface area contributed by atoms with E-state index in [-0.39, 0.29) is 49.7 Å². The van der Waals surface area contributed by atoms with Crippen LogP contribution in [0.2, 0.25) is 0 Å². The summed E-state index contributed by atoms with van der Waals surface area (Å²) in [7, 11) is 5.38. The Hall–Kier alpha value is -3.49. The van der Waals surface area contributed by atoms with Gasteiger partial charge in [0.05, 0.1) is 59.9 Å². The van der Waals surface area contributed by atoms with Gasteiger partial charge in [0.2, 0.25) is 5.95 Å². The van der Waals surface area contributed by atoms with Crippen molar-refractivity contribution in [3.05, 3.63) is 36.2 Å². The highest BCUT2D eigenvalue weighted by molar-refractivity contribution is 7.09. The molecule has 6 rings (SSSR count). The van der Waals surface area contributed by atoms with Crippen LogP contribution in [0.1, 0.15) is 120 Å². The molecule has 1 aromatic carbocycles. The highest BCUT2D eigenvalue weighted by atomic mass is 32.1. The minimum Gasteiger partial charge on any atom is -0.494 e. The fourth-order valence-corrected chi connectivity index (χ4v) is 11.8. The van der Waals surface area contributed by atoms with Gasteiger partial charge >= 0.3 is 5.97 Å². The summed E-state index contributed by atoms with van der Waals surface area (Å²) in [4.78, 5) is 22.9. The molecule has 0 spiro atoms. The molecule has 18 atom stereocenters. The zero-order valence-corrected chi connectivity index (χ0v) is 48.0. The van der Waals surface area contributed by atoms with Gasteiger partial charge in [-0.15, -0.1) is 5.10 Å². The number of likely N-dealkylation sites (N-methyl/N-ethyl adjacent to an activating group) is 2. The third-order valence-electron chi connectivity index (χ3n) is 16.3. The minimum atomic E-state index is -1.59. The number of carbonyl (C=O) groups is 1. The van der Waals surface area contributed by atoms with Gasteiger partial charge in [-0.1, -0.05) is 26.0 Å². The van der Waals surface area contributed by atoms with Crippen LogP contribution in [0.25, 0.3) is 10.6 Å². The Balaban J connectivity index is 1.19. The first kappa shape index (κ1) is 61.7. The molecule has 0 aliphatic carbocycles. The van der Waals surface area contributed by atoms with E-state index in [9.17, 15) is 30.3 Å². The molecule has 0 amide bonds. The number of nitrogens with two attached hydrogens (primary N) is 1. The molecule has 5 heterocycles. The van der Waals surface area contributed by atoms with Crippen LogP contribution >= 0.6 is 11.5 Å².